The number of benzene rings is 1. The van der Waals surface area contributed by atoms with Crippen molar-refractivity contribution in [2.75, 3.05) is 32.5 Å². The number of carbonyl (C=O) groups excluding carboxylic acids is 1. The van der Waals surface area contributed by atoms with Crippen LogP contribution in [0.25, 0.3) is 0 Å². The van der Waals surface area contributed by atoms with Crippen LogP contribution in [0.15, 0.2) is 30.3 Å². The Hall–Kier alpha value is -2.18. The van der Waals surface area contributed by atoms with Gasteiger partial charge < -0.3 is 15.5 Å². The molecule has 0 fully saturated rings. The van der Waals surface area contributed by atoms with Crippen LogP contribution in [0.2, 0.25) is 5.02 Å². The first-order valence-electron chi connectivity index (χ1n) is 7.26. The predicted octanol–water partition coefficient (Wildman–Crippen LogP) is 2.47. The third-order valence-electron chi connectivity index (χ3n) is 3.05. The number of hydrogen-bond acceptors (Lipinski definition) is 5. The fourth-order valence-corrected chi connectivity index (χ4v) is 2.12. The Bertz CT molecular complexity index is 690. The van der Waals surface area contributed by atoms with E-state index >= 15 is 0 Å². The molecule has 0 saturated heterocycles. The third kappa shape index (κ3) is 5.19. The quantitative estimate of drug-likeness (QED) is 0.850. The minimum absolute atomic E-state index is 0.223. The van der Waals surface area contributed by atoms with E-state index in [1.165, 1.54) is 0 Å². The van der Waals surface area contributed by atoms with Crippen molar-refractivity contribution in [2.45, 2.75) is 6.92 Å². The molecule has 6 nitrogen and oxygen atoms in total. The van der Waals surface area contributed by atoms with Crippen LogP contribution < -0.4 is 10.6 Å². The molecule has 1 amide bonds. The Balaban J connectivity index is 2.12. The molecular weight excluding hydrogens is 314 g/mol. The Morgan fingerprint density at radius 1 is 1.26 bits per heavy atom. The lowest BCUT2D eigenvalue weighted by atomic mass is 10.3. The van der Waals surface area contributed by atoms with Crippen molar-refractivity contribution in [3.63, 3.8) is 0 Å². The number of hydrogen-bond donors (Lipinski definition) is 2. The summed E-state index contributed by atoms with van der Waals surface area (Å²) in [7, 11) is 3.90. The molecule has 0 radical (unpaired) electrons. The number of carbonyl (C=O) groups is 1. The van der Waals surface area contributed by atoms with Gasteiger partial charge in [0.25, 0.3) is 5.91 Å². The van der Waals surface area contributed by atoms with E-state index in [0.29, 0.717) is 28.9 Å². The second-order valence-corrected chi connectivity index (χ2v) is 5.76. The molecule has 0 aliphatic carbocycles. The van der Waals surface area contributed by atoms with Gasteiger partial charge in [0.05, 0.1) is 10.7 Å². The van der Waals surface area contributed by atoms with E-state index in [2.05, 4.69) is 20.6 Å². The molecule has 23 heavy (non-hydrogen) atoms. The third-order valence-corrected chi connectivity index (χ3v) is 3.38. The number of aryl methyl sites for hydroxylation is 1. The lowest BCUT2D eigenvalue weighted by Crippen LogP contribution is -2.32. The van der Waals surface area contributed by atoms with Gasteiger partial charge in [-0.15, -0.1) is 0 Å². The molecule has 0 aliphatic heterocycles. The molecule has 1 aromatic carbocycles. The van der Waals surface area contributed by atoms with Crippen LogP contribution in [-0.2, 0) is 0 Å². The highest BCUT2D eigenvalue weighted by atomic mass is 35.5. The summed E-state index contributed by atoms with van der Waals surface area (Å²) in [5.41, 5.74) is 1.05. The minimum Gasteiger partial charge on any atom is -0.349 e. The second kappa shape index (κ2) is 7.89. The van der Waals surface area contributed by atoms with Crippen LogP contribution in [-0.4, -0.2) is 48.0 Å². The van der Waals surface area contributed by atoms with Crippen molar-refractivity contribution in [3.05, 3.63) is 46.9 Å². The number of likely N-dealkylation sites (N-methyl/N-ethyl adjacent to an activating group) is 1. The number of amides is 1. The number of para-hydroxylation sites is 1. The van der Waals surface area contributed by atoms with Gasteiger partial charge >= 0.3 is 0 Å². The number of anilines is 2. The van der Waals surface area contributed by atoms with E-state index in [-0.39, 0.29) is 5.91 Å². The van der Waals surface area contributed by atoms with Crippen LogP contribution in [0.1, 0.15) is 16.3 Å². The number of nitrogens with zero attached hydrogens (tertiary/aromatic N) is 3. The SMILES string of the molecule is Cc1nc(Nc2ccccc2Cl)cc(C(=O)NCCN(C)C)n1. The molecule has 0 atom stereocenters. The van der Waals surface area contributed by atoms with Gasteiger partial charge in [-0.05, 0) is 33.2 Å². The van der Waals surface area contributed by atoms with Gasteiger partial charge in [-0.25, -0.2) is 9.97 Å². The summed E-state index contributed by atoms with van der Waals surface area (Å²) >= 11 is 6.12. The van der Waals surface area contributed by atoms with Gasteiger partial charge in [0, 0.05) is 19.2 Å². The summed E-state index contributed by atoms with van der Waals surface area (Å²) in [6.07, 6.45) is 0. The summed E-state index contributed by atoms with van der Waals surface area (Å²) < 4.78 is 0. The maximum atomic E-state index is 12.2. The molecule has 1 aromatic heterocycles. The Kier molecular flexibility index (Phi) is 5.90. The van der Waals surface area contributed by atoms with Crippen LogP contribution in [0.3, 0.4) is 0 Å². The van der Waals surface area contributed by atoms with Crippen LogP contribution in [0.4, 0.5) is 11.5 Å². The van der Waals surface area contributed by atoms with Crippen LogP contribution in [0, 0.1) is 6.92 Å². The van der Waals surface area contributed by atoms with Gasteiger partial charge in [-0.3, -0.25) is 4.79 Å². The fraction of sp³-hybridized carbons (Fsp3) is 0.312. The van der Waals surface area contributed by atoms with Gasteiger partial charge in [-0.2, -0.15) is 0 Å². The Morgan fingerprint density at radius 2 is 2.00 bits per heavy atom. The van der Waals surface area contributed by atoms with Crippen molar-refractivity contribution in [3.8, 4) is 0 Å². The molecule has 0 aliphatic rings. The fourth-order valence-electron chi connectivity index (χ4n) is 1.93. The van der Waals surface area contributed by atoms with Gasteiger partial charge in [0.15, 0.2) is 0 Å². The topological polar surface area (TPSA) is 70.2 Å². The molecule has 0 unspecified atom stereocenters. The molecule has 0 bridgehead atoms. The average molecular weight is 334 g/mol. The molecular formula is C16H20ClN5O. The summed E-state index contributed by atoms with van der Waals surface area (Å²) in [6, 6.07) is 8.96. The molecule has 2 rings (SSSR count). The molecule has 2 aromatic rings. The first-order valence-corrected chi connectivity index (χ1v) is 7.63. The molecule has 0 spiro atoms. The maximum Gasteiger partial charge on any atom is 0.270 e. The second-order valence-electron chi connectivity index (χ2n) is 5.35. The summed E-state index contributed by atoms with van der Waals surface area (Å²) in [6.45, 7) is 3.07. The average Bonchev–Trinajstić information content (AvgIpc) is 2.48. The Morgan fingerprint density at radius 3 is 2.70 bits per heavy atom. The van der Waals surface area contributed by atoms with Gasteiger partial charge in [0.2, 0.25) is 0 Å². The zero-order chi connectivity index (χ0) is 16.8. The van der Waals surface area contributed by atoms with Crippen molar-refractivity contribution < 1.29 is 4.79 Å². The standard InChI is InChI=1S/C16H20ClN5O/c1-11-19-14(16(23)18-8-9-22(2)3)10-15(20-11)21-13-7-5-4-6-12(13)17/h4-7,10H,8-9H2,1-3H3,(H,18,23)(H,19,20,21). The van der Waals surface area contributed by atoms with E-state index in [9.17, 15) is 4.79 Å². The highest BCUT2D eigenvalue weighted by Gasteiger charge is 2.11. The van der Waals surface area contributed by atoms with E-state index in [1.807, 2.05) is 37.2 Å². The van der Waals surface area contributed by atoms with E-state index in [0.717, 1.165) is 12.2 Å². The van der Waals surface area contributed by atoms with Crippen LogP contribution >= 0.6 is 11.6 Å². The van der Waals surface area contributed by atoms with Crippen molar-refractivity contribution in [1.29, 1.82) is 0 Å². The highest BCUT2D eigenvalue weighted by molar-refractivity contribution is 6.33. The zero-order valence-electron chi connectivity index (χ0n) is 13.4. The van der Waals surface area contributed by atoms with Crippen LogP contribution in [0.5, 0.6) is 0 Å². The maximum absolute atomic E-state index is 12.2. The van der Waals surface area contributed by atoms with Gasteiger partial charge in [0.1, 0.15) is 17.3 Å². The number of halogens is 1. The molecule has 7 heteroatoms. The normalized spacial score (nSPS) is 10.7. The van der Waals surface area contributed by atoms with Gasteiger partial charge in [-0.1, -0.05) is 23.7 Å². The number of rotatable bonds is 6. The number of aromatic nitrogens is 2. The summed E-state index contributed by atoms with van der Waals surface area (Å²) in [5.74, 6) is 0.822. The molecule has 122 valence electrons. The van der Waals surface area contributed by atoms with Crippen molar-refractivity contribution in [1.82, 2.24) is 20.2 Å². The summed E-state index contributed by atoms with van der Waals surface area (Å²) in [5, 5.41) is 6.53. The molecule has 1 heterocycles. The van der Waals surface area contributed by atoms with Crippen molar-refractivity contribution >= 4 is 29.0 Å². The minimum atomic E-state index is -0.223. The van der Waals surface area contributed by atoms with E-state index in [1.54, 1.807) is 19.1 Å². The number of nitrogens with one attached hydrogen (secondary N) is 2. The molecule has 2 N–H and O–H groups in total. The van der Waals surface area contributed by atoms with Crippen molar-refractivity contribution in [2.24, 2.45) is 0 Å². The molecule has 0 saturated carbocycles. The lowest BCUT2D eigenvalue weighted by molar-refractivity contribution is 0.0945. The largest absolute Gasteiger partial charge is 0.349 e. The zero-order valence-corrected chi connectivity index (χ0v) is 14.2. The van der Waals surface area contributed by atoms with E-state index in [4.69, 9.17) is 11.6 Å². The monoisotopic (exact) mass is 333 g/mol. The van der Waals surface area contributed by atoms with E-state index < -0.39 is 0 Å². The highest BCUT2D eigenvalue weighted by Crippen LogP contribution is 2.24. The lowest BCUT2D eigenvalue weighted by Gasteiger charge is -2.12. The first-order chi connectivity index (χ1) is 11.0. The predicted molar refractivity (Wildman–Crippen MR) is 92.4 cm³/mol. The summed E-state index contributed by atoms with van der Waals surface area (Å²) in [4.78, 5) is 22.7. The Labute approximate surface area is 140 Å². The smallest absolute Gasteiger partial charge is 0.270 e. The first kappa shape index (κ1) is 17.2.